The second-order valence-corrected chi connectivity index (χ2v) is 7.57. The van der Waals surface area contributed by atoms with E-state index in [4.69, 9.17) is 0 Å². The van der Waals surface area contributed by atoms with Crippen LogP contribution in [0.3, 0.4) is 0 Å². The van der Waals surface area contributed by atoms with Crippen LogP contribution >= 0.6 is 11.3 Å². The summed E-state index contributed by atoms with van der Waals surface area (Å²) in [5, 5.41) is 10.3. The molecule has 0 bridgehead atoms. The predicted octanol–water partition coefficient (Wildman–Crippen LogP) is 4.86. The van der Waals surface area contributed by atoms with Gasteiger partial charge in [-0.1, -0.05) is 38.0 Å². The molecule has 1 N–H and O–H groups in total. The zero-order chi connectivity index (χ0) is 19.2. The number of thiazole rings is 1. The number of para-hydroxylation sites is 1. The average molecular weight is 383 g/mol. The van der Waals surface area contributed by atoms with Gasteiger partial charge in [-0.15, -0.1) is 11.3 Å². The molecule has 142 valence electrons. The van der Waals surface area contributed by atoms with Crippen molar-refractivity contribution in [3.05, 3.63) is 58.4 Å². The summed E-state index contributed by atoms with van der Waals surface area (Å²) in [6, 6.07) is 9.48. The molecule has 0 saturated heterocycles. The molecule has 0 aliphatic heterocycles. The molecule has 3 rings (SSSR count). The van der Waals surface area contributed by atoms with Crippen LogP contribution < -0.4 is 5.32 Å². The highest BCUT2D eigenvalue weighted by Gasteiger charge is 2.16. The molecule has 0 unspecified atom stereocenters. The first-order valence-electron chi connectivity index (χ1n) is 9.43. The maximum atomic E-state index is 12.2. The SMILES string of the molecule is CCCCCc1c(C)nn(-c2nc(CC(=O)Nc3ccccc3)cs2)c1C. The zero-order valence-electron chi connectivity index (χ0n) is 16.2. The molecule has 0 radical (unpaired) electrons. The third-order valence-corrected chi connectivity index (χ3v) is 5.46. The van der Waals surface area contributed by atoms with Gasteiger partial charge in [-0.2, -0.15) is 5.10 Å². The van der Waals surface area contributed by atoms with E-state index in [1.54, 1.807) is 0 Å². The van der Waals surface area contributed by atoms with Gasteiger partial charge in [-0.25, -0.2) is 9.67 Å². The highest BCUT2D eigenvalue weighted by atomic mass is 32.1. The summed E-state index contributed by atoms with van der Waals surface area (Å²) in [4.78, 5) is 16.9. The Morgan fingerprint density at radius 2 is 1.96 bits per heavy atom. The first kappa shape index (κ1) is 19.3. The van der Waals surface area contributed by atoms with Gasteiger partial charge in [0, 0.05) is 16.8 Å². The van der Waals surface area contributed by atoms with Crippen LogP contribution in [0.5, 0.6) is 0 Å². The van der Waals surface area contributed by atoms with E-state index < -0.39 is 0 Å². The Labute approximate surface area is 164 Å². The first-order valence-corrected chi connectivity index (χ1v) is 10.3. The number of unbranched alkanes of at least 4 members (excludes halogenated alkanes) is 2. The molecule has 0 spiro atoms. The molecular formula is C21H26N4OS. The Bertz CT molecular complexity index is 898. The minimum absolute atomic E-state index is 0.0633. The Balaban J connectivity index is 1.68. The Morgan fingerprint density at radius 3 is 2.70 bits per heavy atom. The van der Waals surface area contributed by atoms with Crippen molar-refractivity contribution in [2.75, 3.05) is 5.32 Å². The highest BCUT2D eigenvalue weighted by molar-refractivity contribution is 7.12. The van der Waals surface area contributed by atoms with E-state index in [1.807, 2.05) is 40.4 Å². The summed E-state index contributed by atoms with van der Waals surface area (Å²) in [5.41, 5.74) is 5.11. The monoisotopic (exact) mass is 382 g/mol. The molecule has 0 saturated carbocycles. The van der Waals surface area contributed by atoms with Gasteiger partial charge in [0.05, 0.1) is 17.8 Å². The Hall–Kier alpha value is -2.47. The van der Waals surface area contributed by atoms with Gasteiger partial charge in [0.1, 0.15) is 0 Å². The molecule has 1 aromatic carbocycles. The van der Waals surface area contributed by atoms with Crippen molar-refractivity contribution in [1.82, 2.24) is 14.8 Å². The van der Waals surface area contributed by atoms with Gasteiger partial charge < -0.3 is 5.32 Å². The van der Waals surface area contributed by atoms with Crippen molar-refractivity contribution in [2.45, 2.75) is 52.9 Å². The number of aromatic nitrogens is 3. The smallest absolute Gasteiger partial charge is 0.230 e. The number of rotatable bonds is 8. The van der Waals surface area contributed by atoms with Crippen molar-refractivity contribution < 1.29 is 4.79 Å². The van der Waals surface area contributed by atoms with Crippen molar-refractivity contribution >= 4 is 22.9 Å². The number of amides is 1. The average Bonchev–Trinajstić information content (AvgIpc) is 3.21. The number of carbonyl (C=O) groups excluding carboxylic acids is 1. The molecule has 2 heterocycles. The van der Waals surface area contributed by atoms with E-state index in [9.17, 15) is 4.79 Å². The van der Waals surface area contributed by atoms with Gasteiger partial charge in [-0.3, -0.25) is 4.79 Å². The largest absolute Gasteiger partial charge is 0.326 e. The van der Waals surface area contributed by atoms with E-state index in [0.29, 0.717) is 0 Å². The van der Waals surface area contributed by atoms with E-state index >= 15 is 0 Å². The molecule has 3 aromatic rings. The summed E-state index contributed by atoms with van der Waals surface area (Å²) < 4.78 is 1.92. The third-order valence-electron chi connectivity index (χ3n) is 4.59. The lowest BCUT2D eigenvalue weighted by molar-refractivity contribution is -0.115. The quantitative estimate of drug-likeness (QED) is 0.566. The summed E-state index contributed by atoms with van der Waals surface area (Å²) in [6.07, 6.45) is 4.96. The number of nitrogens with one attached hydrogen (secondary N) is 1. The van der Waals surface area contributed by atoms with Gasteiger partial charge in [0.25, 0.3) is 0 Å². The number of nitrogens with zero attached hydrogens (tertiary/aromatic N) is 3. The van der Waals surface area contributed by atoms with Crippen molar-refractivity contribution in [2.24, 2.45) is 0 Å². The molecule has 5 nitrogen and oxygen atoms in total. The molecule has 0 aliphatic rings. The minimum atomic E-state index is -0.0633. The fourth-order valence-electron chi connectivity index (χ4n) is 3.14. The van der Waals surface area contributed by atoms with E-state index in [0.717, 1.165) is 34.3 Å². The van der Waals surface area contributed by atoms with Crippen LogP contribution in [0, 0.1) is 13.8 Å². The normalized spacial score (nSPS) is 10.9. The predicted molar refractivity (Wildman–Crippen MR) is 111 cm³/mol. The summed E-state index contributed by atoms with van der Waals surface area (Å²) in [7, 11) is 0. The number of aryl methyl sites for hydroxylation is 1. The van der Waals surface area contributed by atoms with Gasteiger partial charge in [-0.05, 0) is 44.4 Å². The van der Waals surface area contributed by atoms with E-state index in [-0.39, 0.29) is 12.3 Å². The number of hydrogen-bond donors (Lipinski definition) is 1. The van der Waals surface area contributed by atoms with Gasteiger partial charge in [0.2, 0.25) is 11.0 Å². The van der Waals surface area contributed by atoms with Crippen molar-refractivity contribution in [3.8, 4) is 5.13 Å². The van der Waals surface area contributed by atoms with Crippen molar-refractivity contribution in [1.29, 1.82) is 0 Å². The van der Waals surface area contributed by atoms with Crippen LogP contribution in [0.15, 0.2) is 35.7 Å². The lowest BCUT2D eigenvalue weighted by Crippen LogP contribution is -2.14. The number of carbonyl (C=O) groups is 1. The maximum Gasteiger partial charge on any atom is 0.230 e. The Morgan fingerprint density at radius 1 is 1.19 bits per heavy atom. The molecule has 2 aromatic heterocycles. The molecule has 0 aliphatic carbocycles. The second-order valence-electron chi connectivity index (χ2n) is 6.73. The summed E-state index contributed by atoms with van der Waals surface area (Å²) in [5.74, 6) is -0.0633. The molecule has 1 amide bonds. The van der Waals surface area contributed by atoms with Crippen LogP contribution in [0.2, 0.25) is 0 Å². The topological polar surface area (TPSA) is 59.8 Å². The fraction of sp³-hybridized carbons (Fsp3) is 0.381. The van der Waals surface area contributed by atoms with E-state index in [2.05, 4.69) is 36.2 Å². The maximum absolute atomic E-state index is 12.2. The first-order chi connectivity index (χ1) is 13.1. The third kappa shape index (κ3) is 4.83. The van der Waals surface area contributed by atoms with Gasteiger partial charge >= 0.3 is 0 Å². The van der Waals surface area contributed by atoms with Gasteiger partial charge in [0.15, 0.2) is 0 Å². The molecule has 6 heteroatoms. The number of anilines is 1. The Kier molecular flexibility index (Phi) is 6.40. The van der Waals surface area contributed by atoms with Crippen LogP contribution in [0.25, 0.3) is 5.13 Å². The molecule has 0 fully saturated rings. The zero-order valence-corrected chi connectivity index (χ0v) is 17.0. The fourth-order valence-corrected chi connectivity index (χ4v) is 3.97. The van der Waals surface area contributed by atoms with E-state index in [1.165, 1.54) is 36.2 Å². The minimum Gasteiger partial charge on any atom is -0.326 e. The van der Waals surface area contributed by atoms with Crippen LogP contribution in [-0.4, -0.2) is 20.7 Å². The van der Waals surface area contributed by atoms with Crippen LogP contribution in [0.1, 0.15) is 48.8 Å². The molecule has 0 atom stereocenters. The number of hydrogen-bond acceptors (Lipinski definition) is 4. The number of benzene rings is 1. The van der Waals surface area contributed by atoms with Crippen LogP contribution in [-0.2, 0) is 17.6 Å². The molecule has 27 heavy (non-hydrogen) atoms. The second kappa shape index (κ2) is 8.95. The standard InChI is InChI=1S/C21H26N4OS/c1-4-5-7-12-19-15(2)24-25(16(19)3)21-23-18(14-27-21)13-20(26)22-17-10-8-6-9-11-17/h6,8-11,14H,4-5,7,12-13H2,1-3H3,(H,22,26). The summed E-state index contributed by atoms with van der Waals surface area (Å²) in [6.45, 7) is 6.38. The van der Waals surface area contributed by atoms with Crippen LogP contribution in [0.4, 0.5) is 5.69 Å². The van der Waals surface area contributed by atoms with Crippen molar-refractivity contribution in [3.63, 3.8) is 0 Å². The lowest BCUT2D eigenvalue weighted by Gasteiger charge is -2.03. The molecular weight excluding hydrogens is 356 g/mol. The lowest BCUT2D eigenvalue weighted by atomic mass is 10.1. The summed E-state index contributed by atoms with van der Waals surface area (Å²) >= 11 is 1.52. The highest BCUT2D eigenvalue weighted by Crippen LogP contribution is 2.22.